The number of hydrogen-bond acceptors (Lipinski definition) is 3. The zero-order valence-electron chi connectivity index (χ0n) is 11.7. The van der Waals surface area contributed by atoms with Crippen LogP contribution in [0.15, 0.2) is 42.5 Å². The fourth-order valence-corrected chi connectivity index (χ4v) is 1.98. The van der Waals surface area contributed by atoms with Crippen molar-refractivity contribution in [3.63, 3.8) is 0 Å². The van der Waals surface area contributed by atoms with Crippen molar-refractivity contribution in [2.45, 2.75) is 26.4 Å². The average molecular weight is 256 g/mol. The molecule has 0 amide bonds. The predicted molar refractivity (Wildman–Crippen MR) is 77.2 cm³/mol. The van der Waals surface area contributed by atoms with Crippen molar-refractivity contribution in [3.8, 4) is 5.75 Å². The van der Waals surface area contributed by atoms with Gasteiger partial charge in [0.15, 0.2) is 0 Å². The van der Waals surface area contributed by atoms with Gasteiger partial charge in [-0.1, -0.05) is 18.2 Å². The number of pyridine rings is 1. The Balaban J connectivity index is 1.99. The van der Waals surface area contributed by atoms with Gasteiger partial charge in [0.1, 0.15) is 5.75 Å². The highest BCUT2D eigenvalue weighted by molar-refractivity contribution is 5.30. The first-order valence-electron chi connectivity index (χ1n) is 6.49. The number of aryl methyl sites for hydroxylation is 1. The largest absolute Gasteiger partial charge is 0.497 e. The molecular weight excluding hydrogens is 236 g/mol. The Bertz CT molecular complexity index is 540. The quantitative estimate of drug-likeness (QED) is 0.891. The summed E-state index contributed by atoms with van der Waals surface area (Å²) in [7, 11) is 1.69. The molecule has 0 saturated carbocycles. The third-order valence-electron chi connectivity index (χ3n) is 3.13. The van der Waals surface area contributed by atoms with Gasteiger partial charge in [0.05, 0.1) is 12.8 Å². The molecule has 1 aromatic carbocycles. The van der Waals surface area contributed by atoms with E-state index >= 15 is 0 Å². The summed E-state index contributed by atoms with van der Waals surface area (Å²) in [5, 5.41) is 3.48. The lowest BCUT2D eigenvalue weighted by atomic mass is 10.1. The molecule has 1 atom stereocenters. The fourth-order valence-electron chi connectivity index (χ4n) is 1.98. The van der Waals surface area contributed by atoms with Crippen LogP contribution in [-0.4, -0.2) is 12.1 Å². The van der Waals surface area contributed by atoms with Gasteiger partial charge >= 0.3 is 0 Å². The lowest BCUT2D eigenvalue weighted by Gasteiger charge is -2.15. The summed E-state index contributed by atoms with van der Waals surface area (Å²) in [5.74, 6) is 0.889. The lowest BCUT2D eigenvalue weighted by Crippen LogP contribution is -2.18. The zero-order chi connectivity index (χ0) is 13.7. The highest BCUT2D eigenvalue weighted by atomic mass is 16.5. The monoisotopic (exact) mass is 256 g/mol. The molecule has 2 rings (SSSR count). The van der Waals surface area contributed by atoms with Crippen LogP contribution in [0.25, 0.3) is 0 Å². The average Bonchev–Trinajstić information content (AvgIpc) is 2.45. The molecule has 100 valence electrons. The molecule has 0 aliphatic heterocycles. The van der Waals surface area contributed by atoms with Gasteiger partial charge in [-0.05, 0) is 43.7 Å². The Morgan fingerprint density at radius 1 is 1.21 bits per heavy atom. The first kappa shape index (κ1) is 13.6. The van der Waals surface area contributed by atoms with Gasteiger partial charge in [0.25, 0.3) is 0 Å². The van der Waals surface area contributed by atoms with Gasteiger partial charge in [0.2, 0.25) is 0 Å². The van der Waals surface area contributed by atoms with Gasteiger partial charge in [-0.3, -0.25) is 4.98 Å². The van der Waals surface area contributed by atoms with Crippen LogP contribution >= 0.6 is 0 Å². The van der Waals surface area contributed by atoms with E-state index in [0.29, 0.717) is 0 Å². The van der Waals surface area contributed by atoms with Crippen LogP contribution in [-0.2, 0) is 6.54 Å². The summed E-state index contributed by atoms with van der Waals surface area (Å²) in [4.78, 5) is 4.49. The third-order valence-corrected chi connectivity index (χ3v) is 3.13. The number of nitrogens with zero attached hydrogens (tertiary/aromatic N) is 1. The van der Waals surface area contributed by atoms with E-state index in [2.05, 4.69) is 29.4 Å². The van der Waals surface area contributed by atoms with Crippen molar-refractivity contribution in [3.05, 3.63) is 59.4 Å². The molecule has 3 heteroatoms. The van der Waals surface area contributed by atoms with E-state index in [1.54, 1.807) is 7.11 Å². The molecule has 19 heavy (non-hydrogen) atoms. The van der Waals surface area contributed by atoms with Gasteiger partial charge in [-0.2, -0.15) is 0 Å². The first-order valence-corrected chi connectivity index (χ1v) is 6.49. The van der Waals surface area contributed by atoms with Crippen molar-refractivity contribution in [2.75, 3.05) is 7.11 Å². The van der Waals surface area contributed by atoms with Crippen molar-refractivity contribution in [1.82, 2.24) is 10.3 Å². The maximum Gasteiger partial charge on any atom is 0.119 e. The second kappa shape index (κ2) is 6.34. The van der Waals surface area contributed by atoms with E-state index in [1.807, 2.05) is 37.3 Å². The number of ether oxygens (including phenoxy) is 1. The van der Waals surface area contributed by atoms with Gasteiger partial charge in [-0.15, -0.1) is 0 Å². The molecule has 0 bridgehead atoms. The van der Waals surface area contributed by atoms with Crippen LogP contribution in [0.4, 0.5) is 0 Å². The van der Waals surface area contributed by atoms with E-state index < -0.39 is 0 Å². The Hall–Kier alpha value is -1.87. The number of hydrogen-bond donors (Lipinski definition) is 1. The van der Waals surface area contributed by atoms with Crippen molar-refractivity contribution in [2.24, 2.45) is 0 Å². The van der Waals surface area contributed by atoms with Crippen LogP contribution in [0.1, 0.15) is 29.9 Å². The Kier molecular flexibility index (Phi) is 4.53. The summed E-state index contributed by atoms with van der Waals surface area (Å²) < 4.78 is 5.24. The van der Waals surface area contributed by atoms with Crippen LogP contribution in [0.5, 0.6) is 5.75 Å². The standard InChI is InChI=1S/C16H20N2O/c1-12-6-4-8-15(18-12)11-17-13(2)14-7-5-9-16(10-14)19-3/h4-10,13,17H,11H2,1-3H3. The van der Waals surface area contributed by atoms with E-state index in [9.17, 15) is 0 Å². The Labute approximate surface area is 114 Å². The molecule has 1 heterocycles. The fraction of sp³-hybridized carbons (Fsp3) is 0.312. The summed E-state index contributed by atoms with van der Waals surface area (Å²) in [6.45, 7) is 4.92. The van der Waals surface area contributed by atoms with Crippen molar-refractivity contribution in [1.29, 1.82) is 0 Å². The van der Waals surface area contributed by atoms with Crippen LogP contribution < -0.4 is 10.1 Å². The highest BCUT2D eigenvalue weighted by Gasteiger charge is 2.06. The van der Waals surface area contributed by atoms with E-state index in [4.69, 9.17) is 4.74 Å². The molecule has 1 aromatic heterocycles. The number of rotatable bonds is 5. The molecule has 0 aliphatic carbocycles. The highest BCUT2D eigenvalue weighted by Crippen LogP contribution is 2.18. The molecule has 2 aromatic rings. The molecule has 0 saturated heterocycles. The molecule has 0 aliphatic rings. The van der Waals surface area contributed by atoms with Gasteiger partial charge in [0, 0.05) is 18.3 Å². The maximum absolute atomic E-state index is 5.24. The molecule has 1 N–H and O–H groups in total. The molecular formula is C16H20N2O. The van der Waals surface area contributed by atoms with Crippen LogP contribution in [0, 0.1) is 6.92 Å². The molecule has 0 radical (unpaired) electrons. The SMILES string of the molecule is COc1cccc(C(C)NCc2cccc(C)n2)c1. The lowest BCUT2D eigenvalue weighted by molar-refractivity contribution is 0.413. The second-order valence-corrected chi connectivity index (χ2v) is 4.65. The molecule has 3 nitrogen and oxygen atoms in total. The normalized spacial score (nSPS) is 12.2. The van der Waals surface area contributed by atoms with Crippen molar-refractivity contribution < 1.29 is 4.74 Å². The summed E-state index contributed by atoms with van der Waals surface area (Å²) in [6.07, 6.45) is 0. The number of benzene rings is 1. The Morgan fingerprint density at radius 3 is 2.74 bits per heavy atom. The van der Waals surface area contributed by atoms with Crippen molar-refractivity contribution >= 4 is 0 Å². The summed E-state index contributed by atoms with van der Waals surface area (Å²) >= 11 is 0. The Morgan fingerprint density at radius 2 is 2.00 bits per heavy atom. The van der Waals surface area contributed by atoms with Crippen LogP contribution in [0.2, 0.25) is 0 Å². The minimum absolute atomic E-state index is 0.261. The van der Waals surface area contributed by atoms with Gasteiger partial charge < -0.3 is 10.1 Å². The molecule has 0 spiro atoms. The summed E-state index contributed by atoms with van der Waals surface area (Å²) in [6, 6.07) is 14.5. The van der Waals surface area contributed by atoms with Gasteiger partial charge in [-0.25, -0.2) is 0 Å². The number of nitrogens with one attached hydrogen (secondary N) is 1. The predicted octanol–water partition coefficient (Wildman–Crippen LogP) is 3.25. The second-order valence-electron chi connectivity index (χ2n) is 4.65. The van der Waals surface area contributed by atoms with Crippen LogP contribution in [0.3, 0.4) is 0 Å². The minimum Gasteiger partial charge on any atom is -0.497 e. The topological polar surface area (TPSA) is 34.1 Å². The van der Waals surface area contributed by atoms with E-state index in [1.165, 1.54) is 5.56 Å². The number of methoxy groups -OCH3 is 1. The molecule has 0 fully saturated rings. The third kappa shape index (κ3) is 3.80. The smallest absolute Gasteiger partial charge is 0.119 e. The zero-order valence-corrected chi connectivity index (χ0v) is 11.7. The van der Waals surface area contributed by atoms with E-state index in [-0.39, 0.29) is 6.04 Å². The minimum atomic E-state index is 0.261. The first-order chi connectivity index (χ1) is 9.19. The maximum atomic E-state index is 5.24. The summed E-state index contributed by atoms with van der Waals surface area (Å²) in [5.41, 5.74) is 3.33. The molecule has 1 unspecified atom stereocenters. The number of aromatic nitrogens is 1. The van der Waals surface area contributed by atoms with E-state index in [0.717, 1.165) is 23.7 Å².